The lowest BCUT2D eigenvalue weighted by molar-refractivity contribution is -0.150. The molecule has 0 spiro atoms. The average molecular weight is 562 g/mol. The second-order valence-corrected chi connectivity index (χ2v) is 12.3. The molecule has 38 heavy (non-hydrogen) atoms. The van der Waals surface area contributed by atoms with Gasteiger partial charge in [0.05, 0.1) is 0 Å². The Hall–Kier alpha value is -2.70. The van der Waals surface area contributed by atoms with Gasteiger partial charge in [0, 0.05) is 11.1 Å². The van der Waals surface area contributed by atoms with Crippen molar-refractivity contribution in [2.45, 2.75) is 75.6 Å². The number of nitrogens with zero attached hydrogens (tertiary/aromatic N) is 2. The molecule has 2 saturated carbocycles. The van der Waals surface area contributed by atoms with Crippen LogP contribution in [0.3, 0.4) is 0 Å². The molecule has 0 bridgehead atoms. The molecule has 2 aliphatic carbocycles. The number of rotatable bonds is 7. The van der Waals surface area contributed by atoms with Crippen molar-refractivity contribution in [2.24, 2.45) is 11.8 Å². The maximum absolute atomic E-state index is 13.1. The molecule has 206 valence electrons. The number of allylic oxidation sites excluding steroid dienone is 2. The van der Waals surface area contributed by atoms with E-state index in [0.29, 0.717) is 23.2 Å². The predicted molar refractivity (Wildman–Crippen MR) is 148 cm³/mol. The van der Waals surface area contributed by atoms with E-state index in [1.54, 1.807) is 0 Å². The highest BCUT2D eigenvalue weighted by atomic mass is 32.2. The zero-order valence-corrected chi connectivity index (χ0v) is 22.8. The third-order valence-corrected chi connectivity index (χ3v) is 9.96. The highest BCUT2D eigenvalue weighted by molar-refractivity contribution is 8.00. The number of hydrogen-bond acceptors (Lipinski definition) is 8. The number of hydrogen-bond donors (Lipinski definition) is 4. The Morgan fingerprint density at radius 2 is 1.71 bits per heavy atom. The van der Waals surface area contributed by atoms with Gasteiger partial charge in [-0.1, -0.05) is 50.2 Å². The Morgan fingerprint density at radius 3 is 2.24 bits per heavy atom. The van der Waals surface area contributed by atoms with Gasteiger partial charge in [0.25, 0.3) is 11.8 Å². The maximum Gasteiger partial charge on any atom is 0.352 e. The number of aliphatic carboxylic acids is 1. The molecular formula is C26H35N5O5S2. The molecule has 1 aromatic heterocycles. The molecule has 7 N–H and O–H groups in total. The molecule has 2 amide bonds. The lowest BCUT2D eigenvalue weighted by atomic mass is 9.73. The van der Waals surface area contributed by atoms with Crippen LogP contribution in [0, 0.1) is 17.2 Å². The largest absolute Gasteiger partial charge is 0.477 e. The number of carbonyl (C=O) groups excluding carboxylic acids is 2. The summed E-state index contributed by atoms with van der Waals surface area (Å²) < 4.78 is 0. The SMILES string of the molecule is N=C(C(=O)NC1C(=O)N2C(C(=O)O)=C(C=C(C3CCCCC3)C3CCCCC3)CSC12)c1csc(N)n1.O. The van der Waals surface area contributed by atoms with E-state index in [-0.39, 0.29) is 27.7 Å². The van der Waals surface area contributed by atoms with E-state index >= 15 is 0 Å². The Kier molecular flexibility index (Phi) is 8.94. The lowest BCUT2D eigenvalue weighted by Crippen LogP contribution is -2.71. The number of nitrogen functional groups attached to an aromatic ring is 1. The molecule has 2 unspecified atom stereocenters. The summed E-state index contributed by atoms with van der Waals surface area (Å²) in [6.07, 6.45) is 14.1. The van der Waals surface area contributed by atoms with Crippen LogP contribution in [0.25, 0.3) is 0 Å². The van der Waals surface area contributed by atoms with E-state index in [2.05, 4.69) is 16.4 Å². The highest BCUT2D eigenvalue weighted by Gasteiger charge is 2.54. The van der Waals surface area contributed by atoms with Gasteiger partial charge in [-0.3, -0.25) is 19.9 Å². The second-order valence-electron chi connectivity index (χ2n) is 10.3. The van der Waals surface area contributed by atoms with Crippen molar-refractivity contribution in [2.75, 3.05) is 11.5 Å². The first kappa shape index (κ1) is 28.3. The number of carbonyl (C=O) groups is 3. The summed E-state index contributed by atoms with van der Waals surface area (Å²) in [7, 11) is 0. The molecule has 3 fully saturated rings. The van der Waals surface area contributed by atoms with E-state index in [1.807, 2.05) is 0 Å². The van der Waals surface area contributed by atoms with E-state index in [0.717, 1.165) is 37.0 Å². The fraction of sp³-hybridized carbons (Fsp3) is 0.577. The van der Waals surface area contributed by atoms with Crippen molar-refractivity contribution in [3.05, 3.63) is 34.0 Å². The first-order valence-electron chi connectivity index (χ1n) is 13.1. The van der Waals surface area contributed by atoms with Gasteiger partial charge in [-0.2, -0.15) is 0 Å². The van der Waals surface area contributed by atoms with Crippen LogP contribution in [0.5, 0.6) is 0 Å². The van der Waals surface area contributed by atoms with Crippen LogP contribution >= 0.6 is 23.1 Å². The van der Waals surface area contributed by atoms with Crippen LogP contribution < -0.4 is 11.1 Å². The lowest BCUT2D eigenvalue weighted by Gasteiger charge is -2.49. The van der Waals surface area contributed by atoms with Gasteiger partial charge < -0.3 is 21.6 Å². The zero-order chi connectivity index (χ0) is 26.1. The number of fused-ring (bicyclic) bond motifs is 1. The Labute approximate surface area is 230 Å². The molecule has 2 aliphatic heterocycles. The average Bonchev–Trinajstić information content (AvgIpc) is 3.36. The number of nitrogens with one attached hydrogen (secondary N) is 2. The van der Waals surface area contributed by atoms with Gasteiger partial charge in [-0.05, 0) is 43.1 Å². The van der Waals surface area contributed by atoms with E-state index in [4.69, 9.17) is 11.1 Å². The van der Waals surface area contributed by atoms with Gasteiger partial charge in [-0.15, -0.1) is 23.1 Å². The summed E-state index contributed by atoms with van der Waals surface area (Å²) in [6.45, 7) is 0. The highest BCUT2D eigenvalue weighted by Crippen LogP contribution is 2.44. The van der Waals surface area contributed by atoms with Crippen LogP contribution in [0.15, 0.2) is 28.3 Å². The molecule has 1 saturated heterocycles. The fourth-order valence-corrected chi connectivity index (χ4v) is 7.99. The minimum absolute atomic E-state index is 0. The summed E-state index contributed by atoms with van der Waals surface area (Å²) in [4.78, 5) is 43.4. The first-order valence-corrected chi connectivity index (χ1v) is 15.0. The van der Waals surface area contributed by atoms with Gasteiger partial charge in [0.15, 0.2) is 5.13 Å². The molecule has 2 atom stereocenters. The van der Waals surface area contributed by atoms with Crippen molar-refractivity contribution >= 4 is 51.7 Å². The number of thioether (sulfide) groups is 1. The summed E-state index contributed by atoms with van der Waals surface area (Å²) >= 11 is 2.59. The molecular weight excluding hydrogens is 526 g/mol. The van der Waals surface area contributed by atoms with Crippen molar-refractivity contribution in [1.29, 1.82) is 5.41 Å². The third kappa shape index (κ3) is 5.52. The normalized spacial score (nSPS) is 24.1. The number of β-lactam (4-membered cyclic amide) rings is 1. The number of nitrogens with two attached hydrogens (primary N) is 1. The minimum atomic E-state index is -1.12. The number of amides is 2. The number of anilines is 1. The maximum atomic E-state index is 13.1. The summed E-state index contributed by atoms with van der Waals surface area (Å²) in [5, 5.41) is 22.1. The standard InChI is InChI=1S/C26H33N5O4S2.H2O/c27-19(18-13-37-26(28)29-18)22(32)30-20-23(33)31-21(25(34)35)16(12-36-24(20)31)11-17(14-7-3-1-4-8-14)15-9-5-2-6-10-15;/h11,13-15,20,24,27H,1-10,12H2,(H2,28,29)(H,30,32)(H,34,35);1H2. The number of thiazole rings is 1. The fourth-order valence-electron chi connectivity index (χ4n) is 6.13. The summed E-state index contributed by atoms with van der Waals surface area (Å²) in [5.74, 6) is -0.861. The second kappa shape index (κ2) is 12.0. The van der Waals surface area contributed by atoms with Crippen molar-refractivity contribution < 1.29 is 25.0 Å². The van der Waals surface area contributed by atoms with Crippen LogP contribution in [0.2, 0.25) is 0 Å². The van der Waals surface area contributed by atoms with E-state index < -0.39 is 29.2 Å². The van der Waals surface area contributed by atoms with Gasteiger partial charge >= 0.3 is 5.97 Å². The van der Waals surface area contributed by atoms with Crippen LogP contribution in [-0.2, 0) is 14.4 Å². The minimum Gasteiger partial charge on any atom is -0.477 e. The van der Waals surface area contributed by atoms with Crippen LogP contribution in [0.4, 0.5) is 5.13 Å². The van der Waals surface area contributed by atoms with Crippen molar-refractivity contribution in [1.82, 2.24) is 15.2 Å². The van der Waals surface area contributed by atoms with Gasteiger partial charge in [-0.25, -0.2) is 9.78 Å². The molecule has 12 heteroatoms. The van der Waals surface area contributed by atoms with Crippen molar-refractivity contribution in [3.8, 4) is 0 Å². The third-order valence-electron chi connectivity index (χ3n) is 7.99. The molecule has 10 nitrogen and oxygen atoms in total. The Bertz CT molecular complexity index is 1150. The molecule has 1 aromatic rings. The predicted octanol–water partition coefficient (Wildman–Crippen LogP) is 3.09. The first-order chi connectivity index (χ1) is 17.8. The van der Waals surface area contributed by atoms with Crippen LogP contribution in [-0.4, -0.2) is 61.1 Å². The van der Waals surface area contributed by atoms with E-state index in [1.165, 1.54) is 66.1 Å². The molecule has 4 aliphatic rings. The number of carboxylic acids is 1. The topological polar surface area (TPSA) is 181 Å². The molecule has 0 aromatic carbocycles. The van der Waals surface area contributed by atoms with Crippen molar-refractivity contribution in [3.63, 3.8) is 0 Å². The number of aromatic nitrogens is 1. The Balaban J connectivity index is 0.00000336. The van der Waals surface area contributed by atoms with Gasteiger partial charge in [0.1, 0.15) is 28.5 Å². The smallest absolute Gasteiger partial charge is 0.352 e. The molecule has 5 rings (SSSR count). The number of carboxylic acid groups (broad SMARTS) is 1. The monoisotopic (exact) mass is 561 g/mol. The molecule has 3 heterocycles. The van der Waals surface area contributed by atoms with E-state index in [9.17, 15) is 19.5 Å². The van der Waals surface area contributed by atoms with Crippen LogP contribution in [0.1, 0.15) is 69.9 Å². The Morgan fingerprint density at radius 1 is 1.11 bits per heavy atom. The molecule has 0 radical (unpaired) electrons. The summed E-state index contributed by atoms with van der Waals surface area (Å²) in [5.41, 5.74) is 7.50. The zero-order valence-electron chi connectivity index (χ0n) is 21.2. The summed E-state index contributed by atoms with van der Waals surface area (Å²) in [6, 6.07) is -0.884. The van der Waals surface area contributed by atoms with Gasteiger partial charge in [0.2, 0.25) is 0 Å². The quantitative estimate of drug-likeness (QED) is 0.291.